The van der Waals surface area contributed by atoms with E-state index in [2.05, 4.69) is 272 Å². The molecule has 2 heteroatoms. The van der Waals surface area contributed by atoms with Gasteiger partial charge < -0.3 is 5.32 Å². The summed E-state index contributed by atoms with van der Waals surface area (Å²) >= 11 is 0. The molecule has 0 aromatic heterocycles. The Balaban J connectivity index is 1.13. The van der Waals surface area contributed by atoms with Gasteiger partial charge in [-0.05, 0) is 89.0 Å². The fourth-order valence-corrected chi connectivity index (χ4v) is 15.2. The van der Waals surface area contributed by atoms with E-state index in [1.807, 2.05) is 0 Å². The van der Waals surface area contributed by atoms with Crippen molar-refractivity contribution in [3.8, 4) is 33.4 Å². The smallest absolute Gasteiger partial charge is 0.179 e. The second-order valence-electron chi connectivity index (χ2n) is 16.4. The third-order valence-electron chi connectivity index (χ3n) is 13.1. The summed E-state index contributed by atoms with van der Waals surface area (Å²) in [7, 11) is -2.68. The normalized spacial score (nSPS) is 12.6. The average molecular weight is 820 g/mol. The van der Waals surface area contributed by atoms with E-state index >= 15 is 0 Å². The van der Waals surface area contributed by atoms with Gasteiger partial charge in [0, 0.05) is 16.9 Å². The highest BCUT2D eigenvalue weighted by molar-refractivity contribution is 7.19. The predicted octanol–water partition coefficient (Wildman–Crippen LogP) is 12.5. The zero-order valence-corrected chi connectivity index (χ0v) is 35.9. The lowest BCUT2D eigenvalue weighted by molar-refractivity contribution is 0.770. The van der Waals surface area contributed by atoms with Gasteiger partial charge in [-0.2, -0.15) is 0 Å². The first-order chi connectivity index (χ1) is 31.3. The van der Waals surface area contributed by atoms with E-state index in [9.17, 15) is 0 Å². The minimum Gasteiger partial charge on any atom is -0.355 e. The molecule has 1 aliphatic carbocycles. The second kappa shape index (κ2) is 16.2. The molecule has 0 fully saturated rings. The summed E-state index contributed by atoms with van der Waals surface area (Å²) < 4.78 is 0. The van der Waals surface area contributed by atoms with E-state index in [-0.39, 0.29) is 0 Å². The molecule has 1 aliphatic rings. The van der Waals surface area contributed by atoms with Gasteiger partial charge in [0.2, 0.25) is 0 Å². The quantitative estimate of drug-likeness (QED) is 0.107. The van der Waals surface area contributed by atoms with Crippen LogP contribution in [-0.2, 0) is 5.41 Å². The van der Waals surface area contributed by atoms with Crippen LogP contribution in [0.15, 0.2) is 267 Å². The Morgan fingerprint density at radius 2 is 0.714 bits per heavy atom. The molecule has 0 unspecified atom stereocenters. The van der Waals surface area contributed by atoms with Gasteiger partial charge in [-0.25, -0.2) is 0 Å². The molecular formula is C61H45NSi. The van der Waals surface area contributed by atoms with Crippen LogP contribution in [0, 0.1) is 0 Å². The highest BCUT2D eigenvalue weighted by Crippen LogP contribution is 2.60. The Bertz CT molecular complexity index is 3000. The standard InChI is InChI=1S/C61H45NSi/c1-7-21-45(22-8-1)46-35-37-47(38-36-46)59-58(44-43-56-55-33-19-20-34-57(55)61(60(56)59,48-23-9-2-10-24-48)49-25-11-3-12-26-49)62-50-39-41-54(42-40-50)63(51-27-13-4-14-28-51,52-29-15-5-16-30-52)53-31-17-6-18-32-53/h1-44,62H. The van der Waals surface area contributed by atoms with Crippen LogP contribution in [0.1, 0.15) is 22.3 Å². The van der Waals surface area contributed by atoms with E-state index in [1.165, 1.54) is 76.4 Å². The summed E-state index contributed by atoms with van der Waals surface area (Å²) in [5.74, 6) is 0. The molecule has 1 nitrogen and oxygen atoms in total. The number of anilines is 2. The lowest BCUT2D eigenvalue weighted by Crippen LogP contribution is -2.74. The van der Waals surface area contributed by atoms with Crippen molar-refractivity contribution in [1.29, 1.82) is 0 Å². The van der Waals surface area contributed by atoms with Gasteiger partial charge in [-0.15, -0.1) is 0 Å². The third-order valence-corrected chi connectivity index (χ3v) is 17.9. The summed E-state index contributed by atoms with van der Waals surface area (Å²) in [5, 5.41) is 9.45. The number of nitrogens with one attached hydrogen (secondary N) is 1. The van der Waals surface area contributed by atoms with Gasteiger partial charge in [-0.3, -0.25) is 0 Å². The molecule has 0 atom stereocenters. The minimum absolute atomic E-state index is 0.574. The highest BCUT2D eigenvalue weighted by Gasteiger charge is 2.48. The summed E-state index contributed by atoms with van der Waals surface area (Å²) in [6, 6.07) is 98.5. The van der Waals surface area contributed by atoms with Crippen molar-refractivity contribution in [3.63, 3.8) is 0 Å². The van der Waals surface area contributed by atoms with Crippen molar-refractivity contribution in [2.75, 3.05) is 5.32 Å². The summed E-state index contributed by atoms with van der Waals surface area (Å²) in [4.78, 5) is 0. The predicted molar refractivity (Wildman–Crippen MR) is 268 cm³/mol. The molecular weight excluding hydrogens is 775 g/mol. The highest BCUT2D eigenvalue weighted by atomic mass is 28.3. The van der Waals surface area contributed by atoms with E-state index in [1.54, 1.807) is 0 Å². The Morgan fingerprint density at radius 1 is 0.302 bits per heavy atom. The fourth-order valence-electron chi connectivity index (χ4n) is 10.4. The monoisotopic (exact) mass is 819 g/mol. The van der Waals surface area contributed by atoms with Crippen molar-refractivity contribution in [2.24, 2.45) is 0 Å². The molecule has 0 amide bonds. The molecule has 0 heterocycles. The largest absolute Gasteiger partial charge is 0.355 e. The van der Waals surface area contributed by atoms with Crippen LogP contribution in [0.3, 0.4) is 0 Å². The van der Waals surface area contributed by atoms with Gasteiger partial charge in [0.25, 0.3) is 0 Å². The Morgan fingerprint density at radius 3 is 1.24 bits per heavy atom. The molecule has 0 radical (unpaired) electrons. The van der Waals surface area contributed by atoms with Crippen molar-refractivity contribution in [3.05, 3.63) is 289 Å². The zero-order valence-electron chi connectivity index (χ0n) is 34.9. The molecule has 0 saturated carbocycles. The Kier molecular flexibility index (Phi) is 9.84. The van der Waals surface area contributed by atoms with Crippen LogP contribution < -0.4 is 26.1 Å². The summed E-state index contributed by atoms with van der Waals surface area (Å²) in [5.41, 5.74) is 13.9. The van der Waals surface area contributed by atoms with Gasteiger partial charge in [0.05, 0.1) is 5.41 Å². The van der Waals surface area contributed by atoms with Crippen molar-refractivity contribution < 1.29 is 0 Å². The molecule has 0 bridgehead atoms. The number of benzene rings is 10. The number of hydrogen-bond acceptors (Lipinski definition) is 1. The van der Waals surface area contributed by atoms with E-state index < -0.39 is 13.5 Å². The van der Waals surface area contributed by atoms with Crippen LogP contribution in [-0.4, -0.2) is 8.07 Å². The molecule has 0 spiro atoms. The minimum atomic E-state index is -2.68. The maximum Gasteiger partial charge on any atom is 0.179 e. The van der Waals surface area contributed by atoms with Crippen LogP contribution in [0.5, 0.6) is 0 Å². The Labute approximate surface area is 371 Å². The lowest BCUT2D eigenvalue weighted by Gasteiger charge is -2.36. The first-order valence-electron chi connectivity index (χ1n) is 21.8. The third kappa shape index (κ3) is 6.38. The lowest BCUT2D eigenvalue weighted by atomic mass is 9.66. The van der Waals surface area contributed by atoms with E-state index in [4.69, 9.17) is 0 Å². The second-order valence-corrected chi connectivity index (χ2v) is 20.2. The number of rotatable bonds is 10. The van der Waals surface area contributed by atoms with Gasteiger partial charge >= 0.3 is 0 Å². The van der Waals surface area contributed by atoms with Gasteiger partial charge in [-0.1, -0.05) is 249 Å². The van der Waals surface area contributed by atoms with Crippen molar-refractivity contribution in [1.82, 2.24) is 0 Å². The van der Waals surface area contributed by atoms with E-state index in [0.29, 0.717) is 0 Å². The fraction of sp³-hybridized carbons (Fsp3) is 0.0164. The first kappa shape index (κ1) is 38.2. The first-order valence-corrected chi connectivity index (χ1v) is 23.8. The molecule has 63 heavy (non-hydrogen) atoms. The maximum atomic E-state index is 4.03. The summed E-state index contributed by atoms with van der Waals surface area (Å²) in [6.07, 6.45) is 0. The SMILES string of the molecule is c1ccc(-c2ccc(-c3c(Nc4ccc([Si](c5ccccc5)(c5ccccc5)c5ccccc5)cc4)ccc4c3C(c3ccccc3)(c3ccccc3)c3ccccc3-4)cc2)cc1. The number of hydrogen-bond donors (Lipinski definition) is 1. The molecule has 0 saturated heterocycles. The zero-order chi connectivity index (χ0) is 42.1. The Hall–Kier alpha value is -7.78. The van der Waals surface area contributed by atoms with Crippen LogP contribution in [0.25, 0.3) is 33.4 Å². The number of fused-ring (bicyclic) bond motifs is 3. The topological polar surface area (TPSA) is 12.0 Å². The molecule has 298 valence electrons. The van der Waals surface area contributed by atoms with E-state index in [0.717, 1.165) is 11.4 Å². The van der Waals surface area contributed by atoms with Gasteiger partial charge in [0.1, 0.15) is 0 Å². The molecule has 10 aromatic rings. The molecule has 10 aromatic carbocycles. The average Bonchev–Trinajstić information content (AvgIpc) is 3.67. The molecule has 1 N–H and O–H groups in total. The molecule has 0 aliphatic heterocycles. The molecule has 11 rings (SSSR count). The van der Waals surface area contributed by atoms with Crippen molar-refractivity contribution >= 4 is 40.2 Å². The van der Waals surface area contributed by atoms with Crippen LogP contribution in [0.4, 0.5) is 11.4 Å². The maximum absolute atomic E-state index is 4.03. The van der Waals surface area contributed by atoms with Gasteiger partial charge in [0.15, 0.2) is 8.07 Å². The van der Waals surface area contributed by atoms with Crippen LogP contribution >= 0.6 is 0 Å². The van der Waals surface area contributed by atoms with Crippen molar-refractivity contribution in [2.45, 2.75) is 5.41 Å². The summed E-state index contributed by atoms with van der Waals surface area (Å²) in [6.45, 7) is 0. The van der Waals surface area contributed by atoms with Crippen LogP contribution in [0.2, 0.25) is 0 Å².